The van der Waals surface area contributed by atoms with Gasteiger partial charge in [-0.05, 0) is 19.4 Å². The third-order valence-corrected chi connectivity index (χ3v) is 5.35. The molecule has 1 N–H and O–H groups in total. The van der Waals surface area contributed by atoms with E-state index in [4.69, 9.17) is 4.74 Å². The predicted molar refractivity (Wildman–Crippen MR) is 81.0 cm³/mol. The molecule has 108 valence electrons. The number of nitrogens with one attached hydrogen (secondary N) is 1. The summed E-state index contributed by atoms with van der Waals surface area (Å²) in [5.74, 6) is -0.0315. The SMILES string of the molecule is CCOCCS(=O)(=O)NC(C)(CBr)c1ccccc1. The lowest BCUT2D eigenvalue weighted by Crippen LogP contribution is -2.46. The summed E-state index contributed by atoms with van der Waals surface area (Å²) in [6.07, 6.45) is 0. The first-order chi connectivity index (χ1) is 8.93. The molecule has 1 unspecified atom stereocenters. The predicted octanol–water partition coefficient (Wildman–Crippen LogP) is 2.25. The second-order valence-corrected chi connectivity index (χ2v) is 6.85. The van der Waals surface area contributed by atoms with Crippen LogP contribution >= 0.6 is 15.9 Å². The fraction of sp³-hybridized carbons (Fsp3) is 0.538. The van der Waals surface area contributed by atoms with Gasteiger partial charge in [0.15, 0.2) is 0 Å². The number of hydrogen-bond acceptors (Lipinski definition) is 3. The van der Waals surface area contributed by atoms with E-state index in [1.54, 1.807) is 0 Å². The van der Waals surface area contributed by atoms with Gasteiger partial charge < -0.3 is 4.74 Å². The summed E-state index contributed by atoms with van der Waals surface area (Å²) in [4.78, 5) is 0. The molecule has 4 nitrogen and oxygen atoms in total. The molecular formula is C13H20BrNO3S. The first-order valence-electron chi connectivity index (χ1n) is 6.14. The Kier molecular flexibility index (Phi) is 6.46. The second-order valence-electron chi connectivity index (χ2n) is 4.45. The standard InChI is InChI=1S/C13H20BrNO3S/c1-3-18-9-10-19(16,17)15-13(2,11-14)12-7-5-4-6-8-12/h4-8,15H,3,9-11H2,1-2H3. The van der Waals surface area contributed by atoms with Crippen LogP contribution < -0.4 is 4.72 Å². The van der Waals surface area contributed by atoms with Crippen LogP contribution in [0.25, 0.3) is 0 Å². The van der Waals surface area contributed by atoms with Crippen molar-refractivity contribution in [3.8, 4) is 0 Å². The molecule has 0 aliphatic heterocycles. The summed E-state index contributed by atoms with van der Waals surface area (Å²) in [7, 11) is -3.38. The number of ether oxygens (including phenoxy) is 1. The molecule has 0 fully saturated rings. The van der Waals surface area contributed by atoms with Gasteiger partial charge in [-0.3, -0.25) is 0 Å². The van der Waals surface area contributed by atoms with Crippen molar-refractivity contribution in [1.82, 2.24) is 4.72 Å². The first-order valence-corrected chi connectivity index (χ1v) is 8.92. The largest absolute Gasteiger partial charge is 0.381 e. The zero-order valence-electron chi connectivity index (χ0n) is 11.2. The van der Waals surface area contributed by atoms with Crippen molar-refractivity contribution in [3.05, 3.63) is 35.9 Å². The maximum absolute atomic E-state index is 12.0. The van der Waals surface area contributed by atoms with Crippen LogP contribution in [0.5, 0.6) is 0 Å². The van der Waals surface area contributed by atoms with Crippen LogP contribution in [-0.2, 0) is 20.3 Å². The molecule has 0 amide bonds. The van der Waals surface area contributed by atoms with E-state index in [1.165, 1.54) is 0 Å². The number of sulfonamides is 1. The maximum Gasteiger partial charge on any atom is 0.214 e. The lowest BCUT2D eigenvalue weighted by molar-refractivity contribution is 0.163. The third kappa shape index (κ3) is 5.22. The van der Waals surface area contributed by atoms with E-state index in [9.17, 15) is 8.42 Å². The minimum Gasteiger partial charge on any atom is -0.381 e. The Morgan fingerprint density at radius 1 is 1.32 bits per heavy atom. The van der Waals surface area contributed by atoms with E-state index in [-0.39, 0.29) is 12.4 Å². The minimum atomic E-state index is -3.38. The van der Waals surface area contributed by atoms with Crippen LogP contribution in [-0.4, -0.2) is 32.7 Å². The maximum atomic E-state index is 12.0. The topological polar surface area (TPSA) is 55.4 Å². The normalized spacial score (nSPS) is 15.1. The van der Waals surface area contributed by atoms with Gasteiger partial charge in [-0.25, -0.2) is 13.1 Å². The Hall–Kier alpha value is -0.430. The zero-order chi connectivity index (χ0) is 14.4. The molecule has 0 spiro atoms. The molecule has 0 aromatic heterocycles. The van der Waals surface area contributed by atoms with Crippen molar-refractivity contribution < 1.29 is 13.2 Å². The molecule has 0 aliphatic carbocycles. The Labute approximate surface area is 123 Å². The van der Waals surface area contributed by atoms with Crippen molar-refractivity contribution in [3.63, 3.8) is 0 Å². The van der Waals surface area contributed by atoms with E-state index in [0.29, 0.717) is 11.9 Å². The Morgan fingerprint density at radius 2 is 1.95 bits per heavy atom. The van der Waals surface area contributed by atoms with Crippen LogP contribution in [0.3, 0.4) is 0 Å². The number of hydrogen-bond donors (Lipinski definition) is 1. The van der Waals surface area contributed by atoms with Gasteiger partial charge in [-0.1, -0.05) is 46.3 Å². The molecule has 0 aliphatic rings. The highest BCUT2D eigenvalue weighted by atomic mass is 79.9. The van der Waals surface area contributed by atoms with Crippen molar-refractivity contribution in [2.75, 3.05) is 24.3 Å². The van der Waals surface area contributed by atoms with E-state index in [1.807, 2.05) is 44.2 Å². The van der Waals surface area contributed by atoms with Gasteiger partial charge in [-0.15, -0.1) is 0 Å². The zero-order valence-corrected chi connectivity index (χ0v) is 13.6. The van der Waals surface area contributed by atoms with E-state index < -0.39 is 15.6 Å². The summed E-state index contributed by atoms with van der Waals surface area (Å²) in [6.45, 7) is 4.42. The van der Waals surface area contributed by atoms with Gasteiger partial charge in [0.25, 0.3) is 0 Å². The first kappa shape index (κ1) is 16.6. The van der Waals surface area contributed by atoms with Crippen molar-refractivity contribution in [2.45, 2.75) is 19.4 Å². The molecule has 0 saturated carbocycles. The summed E-state index contributed by atoms with van der Waals surface area (Å²) >= 11 is 3.39. The summed E-state index contributed by atoms with van der Waals surface area (Å²) < 4.78 is 31.9. The molecule has 6 heteroatoms. The van der Waals surface area contributed by atoms with Gasteiger partial charge in [0.2, 0.25) is 10.0 Å². The smallest absolute Gasteiger partial charge is 0.214 e. The fourth-order valence-electron chi connectivity index (χ4n) is 1.68. The molecule has 19 heavy (non-hydrogen) atoms. The molecule has 1 rings (SSSR count). The van der Waals surface area contributed by atoms with Crippen LogP contribution in [0.15, 0.2) is 30.3 Å². The van der Waals surface area contributed by atoms with Gasteiger partial charge in [-0.2, -0.15) is 0 Å². The molecular weight excluding hydrogens is 330 g/mol. The minimum absolute atomic E-state index is 0.0315. The van der Waals surface area contributed by atoms with Crippen LogP contribution in [0.2, 0.25) is 0 Å². The highest BCUT2D eigenvalue weighted by molar-refractivity contribution is 9.09. The Bertz CT molecular complexity index is 478. The third-order valence-electron chi connectivity index (χ3n) is 2.76. The quantitative estimate of drug-likeness (QED) is 0.578. The van der Waals surface area contributed by atoms with E-state index in [2.05, 4.69) is 20.7 Å². The molecule has 1 aromatic rings. The summed E-state index contributed by atoms with van der Waals surface area (Å²) in [5, 5.41) is 0.498. The monoisotopic (exact) mass is 349 g/mol. The van der Waals surface area contributed by atoms with E-state index >= 15 is 0 Å². The summed E-state index contributed by atoms with van der Waals surface area (Å²) in [5.41, 5.74) is 0.263. The molecule has 0 bridgehead atoms. The molecule has 0 saturated heterocycles. The van der Waals surface area contributed by atoms with Crippen LogP contribution in [0, 0.1) is 0 Å². The fourth-order valence-corrected chi connectivity index (χ4v) is 3.64. The lowest BCUT2D eigenvalue weighted by atomic mass is 9.96. The van der Waals surface area contributed by atoms with Crippen LogP contribution in [0.4, 0.5) is 0 Å². The van der Waals surface area contributed by atoms with Crippen molar-refractivity contribution in [1.29, 1.82) is 0 Å². The molecule has 1 aromatic carbocycles. The average molecular weight is 350 g/mol. The van der Waals surface area contributed by atoms with Gasteiger partial charge >= 0.3 is 0 Å². The van der Waals surface area contributed by atoms with Crippen molar-refractivity contribution in [2.24, 2.45) is 0 Å². The van der Waals surface area contributed by atoms with Gasteiger partial charge in [0.05, 0.1) is 17.9 Å². The highest BCUT2D eigenvalue weighted by Crippen LogP contribution is 2.23. The average Bonchev–Trinajstić information content (AvgIpc) is 2.39. The van der Waals surface area contributed by atoms with Gasteiger partial charge in [0, 0.05) is 11.9 Å². The highest BCUT2D eigenvalue weighted by Gasteiger charge is 2.30. The number of alkyl halides is 1. The molecule has 0 radical (unpaired) electrons. The number of rotatable bonds is 8. The Balaban J connectivity index is 2.81. The second kappa shape index (κ2) is 7.38. The Morgan fingerprint density at radius 3 is 2.47 bits per heavy atom. The van der Waals surface area contributed by atoms with Crippen molar-refractivity contribution >= 4 is 26.0 Å². The molecule has 1 atom stereocenters. The van der Waals surface area contributed by atoms with Crippen LogP contribution in [0.1, 0.15) is 19.4 Å². The number of benzene rings is 1. The summed E-state index contributed by atoms with van der Waals surface area (Å²) in [6, 6.07) is 9.51. The van der Waals surface area contributed by atoms with Gasteiger partial charge in [0.1, 0.15) is 0 Å². The van der Waals surface area contributed by atoms with E-state index in [0.717, 1.165) is 5.56 Å². The molecule has 0 heterocycles. The lowest BCUT2D eigenvalue weighted by Gasteiger charge is -2.29. The number of halogens is 1.